The van der Waals surface area contributed by atoms with E-state index in [1.165, 1.54) is 38.9 Å². The molecule has 0 radical (unpaired) electrons. The van der Waals surface area contributed by atoms with Crippen LogP contribution in [-0.2, 0) is 10.8 Å². The predicted molar refractivity (Wildman–Crippen MR) is 198 cm³/mol. The number of hydrogen-bond donors (Lipinski definition) is 0. The average molecular weight is 648 g/mol. The smallest absolute Gasteiger partial charge is 0.178 e. The molecular formula is C45H33N3O2. The Morgan fingerprint density at radius 2 is 0.960 bits per heavy atom. The Balaban J connectivity index is 1.09. The number of rotatable bonds is 3. The van der Waals surface area contributed by atoms with Crippen molar-refractivity contribution < 1.29 is 9.47 Å². The molecule has 5 nitrogen and oxygen atoms in total. The van der Waals surface area contributed by atoms with E-state index in [4.69, 9.17) is 24.4 Å². The van der Waals surface area contributed by atoms with E-state index in [-0.39, 0.29) is 10.8 Å². The van der Waals surface area contributed by atoms with Gasteiger partial charge >= 0.3 is 0 Å². The van der Waals surface area contributed by atoms with Crippen LogP contribution in [0.25, 0.3) is 56.4 Å². The van der Waals surface area contributed by atoms with E-state index in [9.17, 15) is 0 Å². The lowest BCUT2D eigenvalue weighted by molar-refractivity contribution is 0.360. The molecule has 0 saturated carbocycles. The summed E-state index contributed by atoms with van der Waals surface area (Å²) in [7, 11) is 0. The van der Waals surface area contributed by atoms with Gasteiger partial charge in [0, 0.05) is 33.1 Å². The monoisotopic (exact) mass is 647 g/mol. The van der Waals surface area contributed by atoms with Crippen molar-refractivity contribution in [2.75, 3.05) is 0 Å². The fraction of sp³-hybridized carbons (Fsp3) is 0.133. The molecule has 0 unspecified atom stereocenters. The van der Waals surface area contributed by atoms with Gasteiger partial charge in [0.15, 0.2) is 40.5 Å². The Morgan fingerprint density at radius 1 is 0.400 bits per heavy atom. The van der Waals surface area contributed by atoms with Crippen LogP contribution in [0.1, 0.15) is 49.9 Å². The van der Waals surface area contributed by atoms with Crippen molar-refractivity contribution in [2.24, 2.45) is 0 Å². The van der Waals surface area contributed by atoms with Gasteiger partial charge in [-0.1, -0.05) is 125 Å². The second kappa shape index (κ2) is 10.2. The van der Waals surface area contributed by atoms with Crippen LogP contribution < -0.4 is 9.47 Å². The Bertz CT molecular complexity index is 2550. The Kier molecular flexibility index (Phi) is 5.91. The molecular weight excluding hydrogens is 615 g/mol. The highest BCUT2D eigenvalue weighted by Crippen LogP contribution is 2.58. The zero-order valence-electron chi connectivity index (χ0n) is 28.3. The van der Waals surface area contributed by atoms with Gasteiger partial charge in [-0.2, -0.15) is 0 Å². The minimum atomic E-state index is -0.142. The van der Waals surface area contributed by atoms with Gasteiger partial charge in [0.2, 0.25) is 0 Å². The summed E-state index contributed by atoms with van der Waals surface area (Å²) in [6.45, 7) is 9.11. The Labute approximate surface area is 291 Å². The third-order valence-corrected chi connectivity index (χ3v) is 10.8. The normalized spacial score (nSPS) is 15.0. The lowest BCUT2D eigenvalue weighted by Crippen LogP contribution is -2.15. The van der Waals surface area contributed by atoms with Gasteiger partial charge in [-0.05, 0) is 69.3 Å². The highest BCUT2D eigenvalue weighted by molar-refractivity contribution is 5.88. The van der Waals surface area contributed by atoms with Crippen LogP contribution in [0.15, 0.2) is 127 Å². The molecule has 1 aliphatic heterocycles. The van der Waals surface area contributed by atoms with Crippen molar-refractivity contribution in [1.29, 1.82) is 0 Å². The first-order valence-corrected chi connectivity index (χ1v) is 17.1. The van der Waals surface area contributed by atoms with Crippen molar-refractivity contribution in [1.82, 2.24) is 15.0 Å². The van der Waals surface area contributed by atoms with Crippen LogP contribution in [0.5, 0.6) is 23.0 Å². The molecule has 2 aliphatic carbocycles. The van der Waals surface area contributed by atoms with Crippen molar-refractivity contribution in [3.63, 3.8) is 0 Å². The van der Waals surface area contributed by atoms with Crippen LogP contribution in [0, 0.1) is 0 Å². The Morgan fingerprint density at radius 3 is 1.72 bits per heavy atom. The van der Waals surface area contributed by atoms with Crippen LogP contribution in [0.4, 0.5) is 0 Å². The number of hydrogen-bond acceptors (Lipinski definition) is 5. The summed E-state index contributed by atoms with van der Waals surface area (Å²) >= 11 is 0. The number of aromatic nitrogens is 3. The fourth-order valence-corrected chi connectivity index (χ4v) is 8.16. The van der Waals surface area contributed by atoms with Gasteiger partial charge in [-0.25, -0.2) is 15.0 Å². The zero-order valence-corrected chi connectivity index (χ0v) is 28.3. The average Bonchev–Trinajstić information content (AvgIpc) is 3.53. The molecule has 0 amide bonds. The minimum absolute atomic E-state index is 0.137. The summed E-state index contributed by atoms with van der Waals surface area (Å²) in [5.74, 6) is 4.56. The number of benzene rings is 6. The van der Waals surface area contributed by atoms with E-state index in [0.29, 0.717) is 34.7 Å². The molecule has 0 spiro atoms. The molecule has 2 heterocycles. The largest absolute Gasteiger partial charge is 0.449 e. The predicted octanol–water partition coefficient (Wildman–Crippen LogP) is 11.4. The van der Waals surface area contributed by atoms with Gasteiger partial charge in [0.25, 0.3) is 0 Å². The summed E-state index contributed by atoms with van der Waals surface area (Å²) in [5, 5.41) is 0. The fourth-order valence-electron chi connectivity index (χ4n) is 8.16. The van der Waals surface area contributed by atoms with E-state index in [1.54, 1.807) is 0 Å². The summed E-state index contributed by atoms with van der Waals surface area (Å²) in [5.41, 5.74) is 12.4. The van der Waals surface area contributed by atoms with Crippen molar-refractivity contribution in [3.05, 3.63) is 150 Å². The summed E-state index contributed by atoms with van der Waals surface area (Å²) < 4.78 is 13.2. The SMILES string of the molecule is CC1(C)c2ccccc2-c2ccc(-c3nc(-c4ccccc4)nc(-c4ccc5c(c4)Oc4c(ccc6c4-c4ccccc4C6(C)C)O5)n3)cc21. The van der Waals surface area contributed by atoms with Crippen LogP contribution in [-0.4, -0.2) is 15.0 Å². The molecule has 7 aromatic rings. The molecule has 240 valence electrons. The Hall–Kier alpha value is -6.07. The number of nitrogens with zero attached hydrogens (tertiary/aromatic N) is 3. The maximum absolute atomic E-state index is 6.77. The van der Waals surface area contributed by atoms with Gasteiger partial charge in [0.05, 0.1) is 0 Å². The van der Waals surface area contributed by atoms with E-state index < -0.39 is 0 Å². The van der Waals surface area contributed by atoms with Crippen LogP contribution in [0.3, 0.4) is 0 Å². The molecule has 50 heavy (non-hydrogen) atoms. The topological polar surface area (TPSA) is 57.1 Å². The van der Waals surface area contributed by atoms with Crippen LogP contribution >= 0.6 is 0 Å². The van der Waals surface area contributed by atoms with E-state index >= 15 is 0 Å². The molecule has 6 aromatic carbocycles. The first kappa shape index (κ1) is 28.9. The molecule has 5 heteroatoms. The second-order valence-electron chi connectivity index (χ2n) is 14.5. The molecule has 0 atom stereocenters. The quantitative estimate of drug-likeness (QED) is 0.191. The lowest BCUT2D eigenvalue weighted by atomic mass is 9.82. The van der Waals surface area contributed by atoms with Gasteiger partial charge in [-0.3, -0.25) is 0 Å². The summed E-state index contributed by atoms with van der Waals surface area (Å²) in [4.78, 5) is 15.2. The minimum Gasteiger partial charge on any atom is -0.449 e. The number of ether oxygens (including phenoxy) is 2. The van der Waals surface area contributed by atoms with Crippen molar-refractivity contribution in [2.45, 2.75) is 38.5 Å². The van der Waals surface area contributed by atoms with Crippen molar-refractivity contribution in [3.8, 4) is 79.4 Å². The molecule has 0 bridgehead atoms. The maximum atomic E-state index is 6.77. The summed E-state index contributed by atoms with van der Waals surface area (Å²) in [6.07, 6.45) is 0. The molecule has 0 saturated heterocycles. The zero-order chi connectivity index (χ0) is 33.8. The van der Waals surface area contributed by atoms with E-state index in [2.05, 4.69) is 100 Å². The van der Waals surface area contributed by atoms with Gasteiger partial charge in [-0.15, -0.1) is 0 Å². The number of fused-ring (bicyclic) bond motifs is 9. The van der Waals surface area contributed by atoms with Gasteiger partial charge < -0.3 is 9.47 Å². The molecule has 3 aliphatic rings. The highest BCUT2D eigenvalue weighted by Gasteiger charge is 2.40. The summed E-state index contributed by atoms with van der Waals surface area (Å²) in [6, 6.07) is 44.1. The van der Waals surface area contributed by atoms with E-state index in [1.807, 2.05) is 54.6 Å². The molecule has 1 aromatic heterocycles. The molecule has 0 N–H and O–H groups in total. The standard InChI is InChI=1S/C45H33N3O2/c1-44(2)33-17-11-9-15-31(33)39-34(44)21-23-37-40(39)50-38-25-28(19-22-36(38)49-37)43-47-41(26-12-6-5-7-13-26)46-42(48-43)27-18-20-30-29-14-8-10-16-32(29)45(3,4)35(30)24-27/h5-25H,1-4H3. The highest BCUT2D eigenvalue weighted by atomic mass is 16.6. The van der Waals surface area contributed by atoms with Crippen molar-refractivity contribution >= 4 is 0 Å². The second-order valence-corrected chi connectivity index (χ2v) is 14.5. The molecule has 0 fully saturated rings. The maximum Gasteiger partial charge on any atom is 0.178 e. The first-order chi connectivity index (χ1) is 24.3. The lowest BCUT2D eigenvalue weighted by Gasteiger charge is -2.25. The van der Waals surface area contributed by atoms with Crippen LogP contribution in [0.2, 0.25) is 0 Å². The first-order valence-electron chi connectivity index (χ1n) is 17.1. The third-order valence-electron chi connectivity index (χ3n) is 10.8. The van der Waals surface area contributed by atoms with Gasteiger partial charge in [0.1, 0.15) is 0 Å². The van der Waals surface area contributed by atoms with E-state index in [0.717, 1.165) is 28.0 Å². The molecule has 10 rings (SSSR count). The third kappa shape index (κ3) is 4.10.